The molecule has 0 spiro atoms. The molecule has 2 aromatic rings. The number of benzene rings is 2. The lowest BCUT2D eigenvalue weighted by molar-refractivity contribution is 0.102. The van der Waals surface area contributed by atoms with Crippen molar-refractivity contribution in [2.24, 2.45) is 0 Å². The number of carbonyl (C=O) groups is 1. The standard InChI is InChI=1S/C14H11Br2ClN2O/c1-7-9(3-2-4-11(7)17)14(20)19-13-10(16)5-8(15)6-12(13)18/h2-6H,18H2,1H3,(H,19,20). The summed E-state index contributed by atoms with van der Waals surface area (Å²) in [5, 5.41) is 3.36. The van der Waals surface area contributed by atoms with Crippen molar-refractivity contribution < 1.29 is 4.79 Å². The van der Waals surface area contributed by atoms with Gasteiger partial charge in [0.1, 0.15) is 0 Å². The summed E-state index contributed by atoms with van der Waals surface area (Å²) in [6.45, 7) is 1.80. The van der Waals surface area contributed by atoms with Crippen molar-refractivity contribution in [3.8, 4) is 0 Å². The van der Waals surface area contributed by atoms with Gasteiger partial charge in [0, 0.05) is 19.5 Å². The second kappa shape index (κ2) is 6.16. The Morgan fingerprint density at radius 2 is 2.00 bits per heavy atom. The molecule has 0 saturated heterocycles. The van der Waals surface area contributed by atoms with Gasteiger partial charge in [-0.25, -0.2) is 0 Å². The van der Waals surface area contributed by atoms with Crippen LogP contribution in [0, 0.1) is 6.92 Å². The van der Waals surface area contributed by atoms with Crippen molar-refractivity contribution in [2.45, 2.75) is 6.92 Å². The molecule has 0 bridgehead atoms. The number of nitrogens with two attached hydrogens (primary N) is 1. The maximum absolute atomic E-state index is 12.3. The van der Waals surface area contributed by atoms with Gasteiger partial charge in [-0.05, 0) is 52.7 Å². The van der Waals surface area contributed by atoms with Crippen LogP contribution >= 0.6 is 43.5 Å². The maximum Gasteiger partial charge on any atom is 0.256 e. The average Bonchev–Trinajstić information content (AvgIpc) is 2.36. The Kier molecular flexibility index (Phi) is 4.73. The fourth-order valence-electron chi connectivity index (χ4n) is 1.76. The summed E-state index contributed by atoms with van der Waals surface area (Å²) in [7, 11) is 0. The van der Waals surface area contributed by atoms with Gasteiger partial charge in [-0.15, -0.1) is 0 Å². The molecule has 104 valence electrons. The van der Waals surface area contributed by atoms with E-state index in [9.17, 15) is 4.79 Å². The molecule has 2 rings (SSSR count). The van der Waals surface area contributed by atoms with Gasteiger partial charge in [-0.1, -0.05) is 33.6 Å². The highest BCUT2D eigenvalue weighted by atomic mass is 79.9. The summed E-state index contributed by atoms with van der Waals surface area (Å²) in [6, 6.07) is 8.75. The van der Waals surface area contributed by atoms with Gasteiger partial charge < -0.3 is 11.1 Å². The molecular formula is C14H11Br2ClN2O. The van der Waals surface area contributed by atoms with Gasteiger partial charge in [-0.2, -0.15) is 0 Å². The summed E-state index contributed by atoms with van der Waals surface area (Å²) in [5.41, 5.74) is 8.18. The molecule has 3 N–H and O–H groups in total. The molecule has 0 heterocycles. The van der Waals surface area contributed by atoms with Crippen LogP contribution in [-0.2, 0) is 0 Å². The number of nitrogens with one attached hydrogen (secondary N) is 1. The fraction of sp³-hybridized carbons (Fsp3) is 0.0714. The van der Waals surface area contributed by atoms with Crippen molar-refractivity contribution in [3.05, 3.63) is 55.4 Å². The van der Waals surface area contributed by atoms with Crippen LogP contribution in [0.3, 0.4) is 0 Å². The van der Waals surface area contributed by atoms with Gasteiger partial charge >= 0.3 is 0 Å². The predicted molar refractivity (Wildman–Crippen MR) is 90.4 cm³/mol. The maximum atomic E-state index is 12.3. The van der Waals surface area contributed by atoms with Crippen molar-refractivity contribution in [1.29, 1.82) is 0 Å². The molecule has 0 saturated carbocycles. The molecule has 0 aliphatic heterocycles. The molecule has 2 aromatic carbocycles. The minimum absolute atomic E-state index is 0.250. The van der Waals surface area contributed by atoms with Gasteiger partial charge in [-0.3, -0.25) is 4.79 Å². The van der Waals surface area contributed by atoms with E-state index in [4.69, 9.17) is 17.3 Å². The smallest absolute Gasteiger partial charge is 0.256 e. The largest absolute Gasteiger partial charge is 0.397 e. The van der Waals surface area contributed by atoms with Gasteiger partial charge in [0.25, 0.3) is 5.91 Å². The molecule has 3 nitrogen and oxygen atoms in total. The van der Waals surface area contributed by atoms with Crippen LogP contribution in [0.4, 0.5) is 11.4 Å². The van der Waals surface area contributed by atoms with Crippen LogP contribution in [0.25, 0.3) is 0 Å². The Morgan fingerprint density at radius 3 is 2.65 bits per heavy atom. The van der Waals surface area contributed by atoms with E-state index in [1.165, 1.54) is 0 Å². The molecule has 0 fully saturated rings. The summed E-state index contributed by atoms with van der Waals surface area (Å²) < 4.78 is 1.54. The lowest BCUT2D eigenvalue weighted by Crippen LogP contribution is -2.15. The van der Waals surface area contributed by atoms with Gasteiger partial charge in [0.15, 0.2) is 0 Å². The van der Waals surface area contributed by atoms with E-state index in [2.05, 4.69) is 37.2 Å². The molecule has 0 aliphatic carbocycles. The first-order valence-electron chi connectivity index (χ1n) is 5.71. The number of amides is 1. The molecule has 0 radical (unpaired) electrons. The highest BCUT2D eigenvalue weighted by molar-refractivity contribution is 9.11. The van der Waals surface area contributed by atoms with E-state index in [1.54, 1.807) is 31.2 Å². The lowest BCUT2D eigenvalue weighted by atomic mass is 10.1. The third-order valence-corrected chi connectivity index (χ3v) is 4.33. The van der Waals surface area contributed by atoms with Gasteiger partial charge in [0.2, 0.25) is 0 Å². The number of carbonyl (C=O) groups excluding carboxylic acids is 1. The second-order valence-electron chi connectivity index (χ2n) is 4.22. The van der Waals surface area contributed by atoms with Gasteiger partial charge in [0.05, 0.1) is 11.4 Å². The number of anilines is 2. The zero-order valence-corrected chi connectivity index (χ0v) is 14.4. The van der Waals surface area contributed by atoms with Crippen molar-refractivity contribution in [2.75, 3.05) is 11.1 Å². The highest BCUT2D eigenvalue weighted by Gasteiger charge is 2.14. The van der Waals surface area contributed by atoms with Crippen molar-refractivity contribution in [3.63, 3.8) is 0 Å². The van der Waals surface area contributed by atoms with Crippen LogP contribution in [0.5, 0.6) is 0 Å². The van der Waals surface area contributed by atoms with E-state index in [1.807, 2.05) is 6.07 Å². The fourth-order valence-corrected chi connectivity index (χ4v) is 3.29. The minimum Gasteiger partial charge on any atom is -0.397 e. The molecule has 1 amide bonds. The summed E-state index contributed by atoms with van der Waals surface area (Å²) >= 11 is 12.7. The van der Waals surface area contributed by atoms with Crippen molar-refractivity contribution >= 4 is 60.7 Å². The number of hydrogen-bond acceptors (Lipinski definition) is 2. The second-order valence-corrected chi connectivity index (χ2v) is 6.40. The quantitative estimate of drug-likeness (QED) is 0.674. The summed E-state index contributed by atoms with van der Waals surface area (Å²) in [5.74, 6) is -0.250. The Labute approximate surface area is 138 Å². The summed E-state index contributed by atoms with van der Waals surface area (Å²) in [6.07, 6.45) is 0. The first-order valence-corrected chi connectivity index (χ1v) is 7.67. The minimum atomic E-state index is -0.250. The van der Waals surface area contributed by atoms with Crippen LogP contribution in [0.1, 0.15) is 15.9 Å². The zero-order valence-electron chi connectivity index (χ0n) is 10.5. The molecule has 0 aromatic heterocycles. The average molecular weight is 419 g/mol. The lowest BCUT2D eigenvalue weighted by Gasteiger charge is -2.12. The zero-order chi connectivity index (χ0) is 14.9. The highest BCUT2D eigenvalue weighted by Crippen LogP contribution is 2.33. The molecule has 6 heteroatoms. The number of hydrogen-bond donors (Lipinski definition) is 2. The first-order chi connectivity index (χ1) is 9.40. The molecule has 0 unspecified atom stereocenters. The number of halogens is 3. The Bertz CT molecular complexity index is 666. The SMILES string of the molecule is Cc1c(Cl)cccc1C(=O)Nc1c(N)cc(Br)cc1Br. The molecular weight excluding hydrogens is 407 g/mol. The Balaban J connectivity index is 2.36. The van der Waals surface area contributed by atoms with Crippen LogP contribution in [-0.4, -0.2) is 5.91 Å². The van der Waals surface area contributed by atoms with Crippen LogP contribution < -0.4 is 11.1 Å². The van der Waals surface area contributed by atoms with Crippen LogP contribution in [0.2, 0.25) is 5.02 Å². The number of nitrogen functional groups attached to an aromatic ring is 1. The predicted octanol–water partition coefficient (Wildman–Crippen LogP) is 5.01. The third-order valence-electron chi connectivity index (χ3n) is 2.84. The van der Waals surface area contributed by atoms with E-state index in [0.29, 0.717) is 26.4 Å². The third kappa shape index (κ3) is 3.16. The Hall–Kier alpha value is -1.04. The van der Waals surface area contributed by atoms with E-state index < -0.39 is 0 Å². The number of rotatable bonds is 2. The molecule has 0 aliphatic rings. The summed E-state index contributed by atoms with van der Waals surface area (Å²) in [4.78, 5) is 12.3. The van der Waals surface area contributed by atoms with E-state index >= 15 is 0 Å². The van der Waals surface area contributed by atoms with Crippen molar-refractivity contribution in [1.82, 2.24) is 0 Å². The monoisotopic (exact) mass is 416 g/mol. The normalized spacial score (nSPS) is 10.4. The molecule has 0 atom stereocenters. The van der Waals surface area contributed by atoms with Crippen LogP contribution in [0.15, 0.2) is 39.3 Å². The molecule has 20 heavy (non-hydrogen) atoms. The first kappa shape index (κ1) is 15.4. The topological polar surface area (TPSA) is 55.1 Å². The Morgan fingerprint density at radius 1 is 1.30 bits per heavy atom. The van der Waals surface area contributed by atoms with E-state index in [0.717, 1.165) is 10.0 Å². The van der Waals surface area contributed by atoms with E-state index in [-0.39, 0.29) is 5.91 Å².